The van der Waals surface area contributed by atoms with Crippen LogP contribution >= 0.6 is 0 Å². The largest absolute Gasteiger partial charge is 0.331 e. The van der Waals surface area contributed by atoms with Crippen LogP contribution in [0.5, 0.6) is 0 Å². The van der Waals surface area contributed by atoms with Crippen LogP contribution in [-0.2, 0) is 0 Å². The molecule has 1 N–H and O–H groups in total. The van der Waals surface area contributed by atoms with Crippen LogP contribution in [0.1, 0.15) is 52.4 Å². The second-order valence-corrected chi connectivity index (χ2v) is 7.39. The van der Waals surface area contributed by atoms with E-state index in [2.05, 4.69) is 19.2 Å². The molecule has 1 unspecified atom stereocenters. The molecule has 0 aromatic heterocycles. The summed E-state index contributed by atoms with van der Waals surface area (Å²) in [7, 11) is 3.66. The van der Waals surface area contributed by atoms with Crippen molar-refractivity contribution in [2.24, 2.45) is 5.41 Å². The number of piperidine rings is 1. The summed E-state index contributed by atoms with van der Waals surface area (Å²) in [5.41, 5.74) is 0.425. The third kappa shape index (κ3) is 3.66. The standard InChI is InChI=1S/C16H31N3O/c1-16(2)10-6-5-7-14(16)17-13-8-11-19(12-9-13)15(20)18(3)4/h13-14,17H,5-12H2,1-4H3. The molecular formula is C16H31N3O. The Morgan fingerprint density at radius 2 is 1.80 bits per heavy atom. The fraction of sp³-hybridized carbons (Fsp3) is 0.938. The van der Waals surface area contributed by atoms with Gasteiger partial charge in [-0.2, -0.15) is 0 Å². The normalized spacial score (nSPS) is 27.4. The zero-order valence-corrected chi connectivity index (χ0v) is 13.6. The van der Waals surface area contributed by atoms with Crippen LogP contribution in [0.2, 0.25) is 0 Å². The van der Waals surface area contributed by atoms with Crippen LogP contribution in [0.4, 0.5) is 4.79 Å². The molecule has 0 spiro atoms. The van der Waals surface area contributed by atoms with E-state index >= 15 is 0 Å². The van der Waals surface area contributed by atoms with Crippen LogP contribution in [0, 0.1) is 5.41 Å². The van der Waals surface area contributed by atoms with Crippen LogP contribution in [-0.4, -0.2) is 55.1 Å². The lowest BCUT2D eigenvalue weighted by Gasteiger charge is -2.43. The number of likely N-dealkylation sites (tertiary alicyclic amines) is 1. The lowest BCUT2D eigenvalue weighted by Crippen LogP contribution is -2.53. The first kappa shape index (κ1) is 15.6. The van der Waals surface area contributed by atoms with Crippen LogP contribution in [0.25, 0.3) is 0 Å². The number of urea groups is 1. The number of nitrogens with one attached hydrogen (secondary N) is 1. The summed E-state index contributed by atoms with van der Waals surface area (Å²) in [6.07, 6.45) is 7.56. The fourth-order valence-electron chi connectivity index (χ4n) is 3.61. The van der Waals surface area contributed by atoms with Crippen LogP contribution in [0.3, 0.4) is 0 Å². The first-order chi connectivity index (χ1) is 9.40. The van der Waals surface area contributed by atoms with Gasteiger partial charge >= 0.3 is 6.03 Å². The molecular weight excluding hydrogens is 250 g/mol. The van der Waals surface area contributed by atoms with E-state index in [4.69, 9.17) is 0 Å². The molecule has 1 aliphatic heterocycles. The lowest BCUT2D eigenvalue weighted by atomic mass is 9.73. The SMILES string of the molecule is CN(C)C(=O)N1CCC(NC2CCCCC2(C)C)CC1. The summed E-state index contributed by atoms with van der Waals surface area (Å²) >= 11 is 0. The molecule has 1 saturated carbocycles. The van der Waals surface area contributed by atoms with Crippen molar-refractivity contribution < 1.29 is 4.79 Å². The first-order valence-corrected chi connectivity index (χ1v) is 8.12. The summed E-state index contributed by atoms with van der Waals surface area (Å²) in [6.45, 7) is 6.58. The van der Waals surface area contributed by atoms with Gasteiger partial charge in [0.05, 0.1) is 0 Å². The molecule has 20 heavy (non-hydrogen) atoms. The predicted molar refractivity (Wildman–Crippen MR) is 82.9 cm³/mol. The monoisotopic (exact) mass is 281 g/mol. The summed E-state index contributed by atoms with van der Waals surface area (Å²) in [5.74, 6) is 0. The van der Waals surface area contributed by atoms with Gasteiger partial charge in [0.25, 0.3) is 0 Å². The number of rotatable bonds is 2. The zero-order valence-electron chi connectivity index (χ0n) is 13.6. The number of carbonyl (C=O) groups excluding carboxylic acids is 1. The van der Waals surface area contributed by atoms with Crippen molar-refractivity contribution in [2.75, 3.05) is 27.2 Å². The molecule has 0 aromatic carbocycles. The number of amides is 2. The highest BCUT2D eigenvalue weighted by atomic mass is 16.2. The Kier molecular flexibility index (Phi) is 4.95. The maximum atomic E-state index is 11.9. The number of carbonyl (C=O) groups is 1. The Morgan fingerprint density at radius 3 is 2.35 bits per heavy atom. The van der Waals surface area contributed by atoms with E-state index in [1.54, 1.807) is 4.90 Å². The average Bonchev–Trinajstić information content (AvgIpc) is 2.41. The lowest BCUT2D eigenvalue weighted by molar-refractivity contribution is 0.123. The van der Waals surface area contributed by atoms with Crippen molar-refractivity contribution >= 4 is 6.03 Å². The Morgan fingerprint density at radius 1 is 1.15 bits per heavy atom. The van der Waals surface area contributed by atoms with Gasteiger partial charge in [-0.3, -0.25) is 0 Å². The van der Waals surface area contributed by atoms with E-state index < -0.39 is 0 Å². The summed E-state index contributed by atoms with van der Waals surface area (Å²) in [5, 5.41) is 3.89. The van der Waals surface area contributed by atoms with Gasteiger partial charge in [0.1, 0.15) is 0 Å². The molecule has 1 atom stereocenters. The Bertz CT molecular complexity index is 333. The third-order valence-corrected chi connectivity index (χ3v) is 5.09. The molecule has 4 nitrogen and oxygen atoms in total. The third-order valence-electron chi connectivity index (χ3n) is 5.09. The molecule has 4 heteroatoms. The molecule has 1 aliphatic carbocycles. The molecule has 2 amide bonds. The minimum absolute atomic E-state index is 0.154. The van der Waals surface area contributed by atoms with Gasteiger partial charge in [0, 0.05) is 39.3 Å². The van der Waals surface area contributed by atoms with E-state index in [1.165, 1.54) is 25.7 Å². The maximum absolute atomic E-state index is 11.9. The van der Waals surface area contributed by atoms with Crippen molar-refractivity contribution in [1.82, 2.24) is 15.1 Å². The molecule has 0 radical (unpaired) electrons. The van der Waals surface area contributed by atoms with E-state index in [9.17, 15) is 4.79 Å². The van der Waals surface area contributed by atoms with Crippen molar-refractivity contribution in [2.45, 2.75) is 64.5 Å². The van der Waals surface area contributed by atoms with Gasteiger partial charge < -0.3 is 15.1 Å². The maximum Gasteiger partial charge on any atom is 0.319 e. The highest BCUT2D eigenvalue weighted by Gasteiger charge is 2.34. The number of hydrogen-bond donors (Lipinski definition) is 1. The van der Waals surface area contributed by atoms with E-state index in [-0.39, 0.29) is 6.03 Å². The average molecular weight is 281 g/mol. The zero-order chi connectivity index (χ0) is 14.8. The first-order valence-electron chi connectivity index (χ1n) is 8.12. The van der Waals surface area contributed by atoms with Crippen LogP contribution < -0.4 is 5.32 Å². The Hall–Kier alpha value is -0.770. The molecule has 2 fully saturated rings. The Labute approximate surface area is 123 Å². The predicted octanol–water partition coefficient (Wildman–Crippen LogP) is 2.69. The smallest absolute Gasteiger partial charge is 0.319 e. The van der Waals surface area contributed by atoms with Crippen LogP contribution in [0.15, 0.2) is 0 Å². The molecule has 1 saturated heterocycles. The van der Waals surface area contributed by atoms with Crippen molar-refractivity contribution in [3.05, 3.63) is 0 Å². The van der Waals surface area contributed by atoms with Crippen molar-refractivity contribution in [3.8, 4) is 0 Å². The van der Waals surface area contributed by atoms with Crippen molar-refractivity contribution in [3.63, 3.8) is 0 Å². The van der Waals surface area contributed by atoms with E-state index in [0.717, 1.165) is 25.9 Å². The second kappa shape index (κ2) is 6.33. The van der Waals surface area contributed by atoms with Crippen molar-refractivity contribution in [1.29, 1.82) is 0 Å². The van der Waals surface area contributed by atoms with Gasteiger partial charge in [0.2, 0.25) is 0 Å². The molecule has 2 aliphatic rings. The summed E-state index contributed by atoms with van der Waals surface area (Å²) in [6, 6.07) is 1.39. The minimum atomic E-state index is 0.154. The Balaban J connectivity index is 1.81. The summed E-state index contributed by atoms with van der Waals surface area (Å²) < 4.78 is 0. The molecule has 0 bridgehead atoms. The highest BCUT2D eigenvalue weighted by molar-refractivity contribution is 5.73. The number of hydrogen-bond acceptors (Lipinski definition) is 2. The minimum Gasteiger partial charge on any atom is -0.331 e. The second-order valence-electron chi connectivity index (χ2n) is 7.39. The van der Waals surface area contributed by atoms with Gasteiger partial charge in [-0.15, -0.1) is 0 Å². The van der Waals surface area contributed by atoms with Gasteiger partial charge in [-0.1, -0.05) is 26.7 Å². The number of nitrogens with zero attached hydrogens (tertiary/aromatic N) is 2. The topological polar surface area (TPSA) is 35.6 Å². The van der Waals surface area contributed by atoms with Gasteiger partial charge in [0.15, 0.2) is 0 Å². The quantitative estimate of drug-likeness (QED) is 0.844. The van der Waals surface area contributed by atoms with E-state index in [0.29, 0.717) is 17.5 Å². The van der Waals surface area contributed by atoms with E-state index in [1.807, 2.05) is 19.0 Å². The highest BCUT2D eigenvalue weighted by Crippen LogP contribution is 2.36. The molecule has 116 valence electrons. The molecule has 2 rings (SSSR count). The van der Waals surface area contributed by atoms with Gasteiger partial charge in [-0.25, -0.2) is 4.79 Å². The molecule has 1 heterocycles. The van der Waals surface area contributed by atoms with Gasteiger partial charge in [-0.05, 0) is 31.1 Å². The molecule has 0 aromatic rings. The fourth-order valence-corrected chi connectivity index (χ4v) is 3.61. The summed E-state index contributed by atoms with van der Waals surface area (Å²) in [4.78, 5) is 15.6.